The molecular formula is C51H49ClN6O11S2. The normalized spacial score (nSPS) is 23.3. The van der Waals surface area contributed by atoms with Gasteiger partial charge in [0.15, 0.2) is 22.8 Å². The van der Waals surface area contributed by atoms with Crippen LogP contribution in [0.15, 0.2) is 77.2 Å². The number of oxazole rings is 1. The van der Waals surface area contributed by atoms with Gasteiger partial charge in [0.1, 0.15) is 16.6 Å². The highest BCUT2D eigenvalue weighted by Crippen LogP contribution is 2.60. The Kier molecular flexibility index (Phi) is 11.3. The van der Waals surface area contributed by atoms with Gasteiger partial charge in [0.2, 0.25) is 21.8 Å². The highest BCUT2D eigenvalue weighted by Gasteiger charge is 2.67. The molecule has 4 atom stereocenters. The molecule has 20 heteroatoms. The van der Waals surface area contributed by atoms with Crippen LogP contribution in [-0.4, -0.2) is 101 Å². The Labute approximate surface area is 416 Å². The molecule has 4 aliphatic heterocycles. The van der Waals surface area contributed by atoms with Crippen molar-refractivity contribution < 1.29 is 51.8 Å². The highest BCUT2D eigenvalue weighted by atomic mass is 35.5. The number of amides is 3. The number of hydrogen-bond acceptors (Lipinski definition) is 13. The van der Waals surface area contributed by atoms with E-state index in [0.29, 0.717) is 70.4 Å². The number of ether oxygens (including phenoxy) is 1. The number of halogens is 1. The lowest BCUT2D eigenvalue weighted by Gasteiger charge is -2.41. The molecule has 17 nitrogen and oxygen atoms in total. The van der Waals surface area contributed by atoms with Crippen molar-refractivity contribution in [3.8, 4) is 16.2 Å². The summed E-state index contributed by atoms with van der Waals surface area (Å²) in [6, 6.07) is 22.0. The summed E-state index contributed by atoms with van der Waals surface area (Å²) in [5.74, 6) is -3.84. The van der Waals surface area contributed by atoms with Crippen LogP contribution in [0.25, 0.3) is 32.3 Å². The van der Waals surface area contributed by atoms with E-state index in [9.17, 15) is 37.5 Å². The van der Waals surface area contributed by atoms with Gasteiger partial charge in [-0.1, -0.05) is 61.8 Å². The van der Waals surface area contributed by atoms with Gasteiger partial charge in [-0.2, -0.15) is 9.29 Å². The lowest BCUT2D eigenvalue weighted by Crippen LogP contribution is -2.53. The van der Waals surface area contributed by atoms with Gasteiger partial charge in [-0.15, -0.1) is 11.3 Å². The van der Waals surface area contributed by atoms with E-state index < -0.39 is 51.5 Å². The fraction of sp³-hybridized carbons (Fsp3) is 0.373. The van der Waals surface area contributed by atoms with Crippen LogP contribution in [0, 0.1) is 11.3 Å². The first-order valence-corrected chi connectivity index (χ1v) is 26.3. The van der Waals surface area contributed by atoms with E-state index in [2.05, 4.69) is 35.4 Å². The molecule has 4 unspecified atom stereocenters. The number of fused-ring (bicyclic) bond motifs is 3. The van der Waals surface area contributed by atoms with Crippen molar-refractivity contribution in [2.24, 2.45) is 11.3 Å². The number of nitrogens with one attached hydrogen (secondary N) is 2. The first-order chi connectivity index (χ1) is 33.8. The largest absolute Gasteiger partial charge is 0.479 e. The maximum atomic E-state index is 14.4. The Morgan fingerprint density at radius 3 is 2.49 bits per heavy atom. The number of piperidine rings is 3. The molecule has 71 heavy (non-hydrogen) atoms. The molecule has 2 bridgehead atoms. The Morgan fingerprint density at radius 1 is 1.00 bits per heavy atom. The minimum atomic E-state index is -3.81. The molecule has 6 heterocycles. The number of aliphatic carboxylic acids is 1. The Bertz CT molecular complexity index is 3380. The number of carboxylic acids is 2. The molecule has 11 rings (SSSR count). The van der Waals surface area contributed by atoms with Gasteiger partial charge in [-0.05, 0) is 108 Å². The number of carboxylic acid groups (broad SMARTS) is 2. The summed E-state index contributed by atoms with van der Waals surface area (Å²) in [7, 11) is -3.81. The molecule has 368 valence electrons. The quantitative estimate of drug-likeness (QED) is 0.0802. The Hall–Kier alpha value is -6.54. The van der Waals surface area contributed by atoms with Gasteiger partial charge in [-0.3, -0.25) is 24.6 Å². The average Bonchev–Trinajstić information content (AvgIpc) is 4.08. The van der Waals surface area contributed by atoms with Crippen molar-refractivity contribution in [2.75, 3.05) is 41.4 Å². The van der Waals surface area contributed by atoms with Crippen LogP contribution in [-0.2, 0) is 30.2 Å². The van der Waals surface area contributed by atoms with E-state index >= 15 is 0 Å². The van der Waals surface area contributed by atoms with E-state index in [4.69, 9.17) is 30.8 Å². The van der Waals surface area contributed by atoms with Gasteiger partial charge in [-0.25, -0.2) is 18.0 Å². The second-order valence-corrected chi connectivity index (χ2v) is 23.2. The predicted octanol–water partition coefficient (Wildman–Crippen LogP) is 8.10. The van der Waals surface area contributed by atoms with Gasteiger partial charge >= 0.3 is 11.9 Å². The van der Waals surface area contributed by atoms with E-state index in [-0.39, 0.29) is 63.9 Å². The van der Waals surface area contributed by atoms with E-state index in [1.165, 1.54) is 0 Å². The predicted molar refractivity (Wildman–Crippen MR) is 267 cm³/mol. The van der Waals surface area contributed by atoms with Crippen LogP contribution in [0.5, 0.6) is 5.75 Å². The second-order valence-electron chi connectivity index (χ2n) is 19.9. The van der Waals surface area contributed by atoms with E-state index in [1.54, 1.807) is 39.5 Å². The minimum absolute atomic E-state index is 0.0105. The molecule has 4 N–H and O–H groups in total. The molecule has 1 saturated carbocycles. The molecule has 6 aromatic rings. The lowest BCUT2D eigenvalue weighted by atomic mass is 9.75. The van der Waals surface area contributed by atoms with Gasteiger partial charge < -0.3 is 29.6 Å². The van der Waals surface area contributed by atoms with Crippen LogP contribution < -0.4 is 25.2 Å². The number of aromatic carboxylic acids is 1. The number of hydrogen-bond donors (Lipinski definition) is 4. The third kappa shape index (κ3) is 7.70. The summed E-state index contributed by atoms with van der Waals surface area (Å²) in [5, 5.41) is 26.7. The number of carbonyl (C=O) groups is 5. The van der Waals surface area contributed by atoms with Crippen LogP contribution in [0.2, 0.25) is 5.02 Å². The summed E-state index contributed by atoms with van der Waals surface area (Å²) in [5.41, 5.74) is 4.35. The first kappa shape index (κ1) is 46.8. The number of nitrogens with zero attached hydrogens (tertiary/aromatic N) is 4. The second kappa shape index (κ2) is 17.1. The zero-order valence-corrected chi connectivity index (χ0v) is 41.2. The smallest absolute Gasteiger partial charge is 0.349 e. The number of anilines is 3. The molecule has 2 aromatic heterocycles. The van der Waals surface area contributed by atoms with Crippen molar-refractivity contribution >= 4 is 102 Å². The molecule has 4 fully saturated rings. The van der Waals surface area contributed by atoms with Crippen molar-refractivity contribution in [1.29, 1.82) is 0 Å². The Balaban J connectivity index is 0.753. The monoisotopic (exact) mass is 1020 g/mol. The van der Waals surface area contributed by atoms with Crippen molar-refractivity contribution in [1.82, 2.24) is 14.6 Å². The zero-order chi connectivity index (χ0) is 49.9. The molecule has 3 saturated heterocycles. The lowest BCUT2D eigenvalue weighted by molar-refractivity contribution is -0.139. The summed E-state index contributed by atoms with van der Waals surface area (Å²) >= 11 is 7.48. The third-order valence-electron chi connectivity index (χ3n) is 15.8. The van der Waals surface area contributed by atoms with Gasteiger partial charge in [0.25, 0.3) is 11.9 Å². The number of imide groups is 1. The van der Waals surface area contributed by atoms with Crippen molar-refractivity contribution in [3.05, 3.63) is 99.4 Å². The number of sulfonamides is 1. The number of thiophene rings is 1. The SMILES string of the molecule is CC1(C)C2CN(S(=O)(=O)Cc3ccc4oc(N5CCC(c6ccc7c8c(cccc68)C(=O)N7C6CCC(=O)NC6=O)CC5)nc4c3)C1(C)CC2Nc1cccc(-c2sc(C(=O)O)c(OCC(=O)O)c2Cl)c1. The number of aromatic nitrogens is 1. The zero-order valence-electron chi connectivity index (χ0n) is 38.9. The molecular weight excluding hydrogens is 972 g/mol. The minimum Gasteiger partial charge on any atom is -0.479 e. The maximum Gasteiger partial charge on any atom is 0.349 e. The summed E-state index contributed by atoms with van der Waals surface area (Å²) < 4.78 is 42.1. The Morgan fingerprint density at radius 2 is 1.77 bits per heavy atom. The third-order valence-corrected chi connectivity index (χ3v) is 19.4. The number of rotatable bonds is 13. The fourth-order valence-corrected chi connectivity index (χ4v) is 15.4. The fourth-order valence-electron chi connectivity index (χ4n) is 11.9. The van der Waals surface area contributed by atoms with Crippen molar-refractivity contribution in [2.45, 2.75) is 82.2 Å². The van der Waals surface area contributed by atoms with Crippen LogP contribution in [0.4, 0.5) is 17.4 Å². The molecule has 0 spiro atoms. The highest BCUT2D eigenvalue weighted by molar-refractivity contribution is 7.88. The number of benzene rings is 4. The standard InChI is InChI=1S/C51H49ClN6O11S2/c1-50(2)33-23-57(51(50,3)22-35(33)53-29-7-4-6-28(21-29)44-42(52)43(68-24-40(60)61)45(70-44)48(64)65)71(66,67)25-26-10-14-38-34(20-26)54-49(69-38)56-18-16-27(17-19-56)30-11-12-36-41-31(30)8-5-9-32(41)47(63)58(36)37-13-15-39(59)55-46(37)62/h4-12,14,20-21,27,33,35,37,53H,13,15-19,22-25H2,1-3H3,(H,60,61)(H,64,65)(H,55,59,62). The van der Waals surface area contributed by atoms with E-state index in [0.717, 1.165) is 46.2 Å². The first-order valence-electron chi connectivity index (χ1n) is 23.5. The molecule has 3 amide bonds. The van der Waals surface area contributed by atoms with Gasteiger partial charge in [0.05, 0.1) is 16.3 Å². The number of carbonyl (C=O) groups excluding carboxylic acids is 3. The molecule has 4 aromatic carbocycles. The summed E-state index contributed by atoms with van der Waals surface area (Å²) in [6.45, 7) is 7.14. The average molecular weight is 1020 g/mol. The molecule has 0 radical (unpaired) electrons. The van der Waals surface area contributed by atoms with Crippen molar-refractivity contribution in [3.63, 3.8) is 0 Å². The van der Waals surface area contributed by atoms with E-state index in [1.807, 2.05) is 43.3 Å². The molecule has 1 aliphatic carbocycles. The summed E-state index contributed by atoms with van der Waals surface area (Å²) in [4.78, 5) is 70.3. The molecule has 5 aliphatic rings. The van der Waals surface area contributed by atoms with Crippen LogP contribution in [0.3, 0.4) is 0 Å². The topological polar surface area (TPSA) is 229 Å². The maximum absolute atomic E-state index is 14.4. The van der Waals surface area contributed by atoms with Crippen LogP contribution in [0.1, 0.15) is 89.9 Å². The van der Waals surface area contributed by atoms with Gasteiger partial charge in [0, 0.05) is 54.3 Å². The summed E-state index contributed by atoms with van der Waals surface area (Å²) in [6.07, 6.45) is 2.59. The van der Waals surface area contributed by atoms with Crippen LogP contribution >= 0.6 is 22.9 Å².